The molecule has 5 rings (SSSR count). The first-order valence-electron chi connectivity index (χ1n) is 8.53. The van der Waals surface area contributed by atoms with Gasteiger partial charge in [0.1, 0.15) is 12.7 Å². The van der Waals surface area contributed by atoms with Crippen LogP contribution in [-0.4, -0.2) is 51.5 Å². The zero-order valence-corrected chi connectivity index (χ0v) is 16.4. The van der Waals surface area contributed by atoms with Crippen molar-refractivity contribution in [3.8, 4) is 5.82 Å². The number of sulfonamides is 1. The average Bonchev–Trinajstić information content (AvgIpc) is 3.34. The van der Waals surface area contributed by atoms with E-state index < -0.39 is 10.0 Å². The van der Waals surface area contributed by atoms with E-state index in [9.17, 15) is 13.2 Å². The van der Waals surface area contributed by atoms with Crippen molar-refractivity contribution in [3.63, 3.8) is 0 Å². The Labute approximate surface area is 169 Å². The van der Waals surface area contributed by atoms with Gasteiger partial charge in [-0.3, -0.25) is 4.79 Å². The molecule has 0 aliphatic carbocycles. The summed E-state index contributed by atoms with van der Waals surface area (Å²) in [5, 5.41) is 7.23. The number of hydrogen-bond acceptors (Lipinski definition) is 8. The lowest BCUT2D eigenvalue weighted by atomic mass is 10.2. The molecule has 0 atom stereocenters. The second-order valence-corrected chi connectivity index (χ2v) is 9.06. The number of nitrogens with one attached hydrogen (secondary N) is 1. The van der Waals surface area contributed by atoms with E-state index in [0.717, 1.165) is 10.6 Å². The monoisotopic (exact) mass is 427 g/mol. The van der Waals surface area contributed by atoms with Crippen molar-refractivity contribution >= 4 is 44.2 Å². The quantitative estimate of drug-likeness (QED) is 0.668. The number of anilines is 2. The molecule has 3 aromatic rings. The van der Waals surface area contributed by atoms with Crippen LogP contribution in [0, 0.1) is 0 Å². The first-order valence-corrected chi connectivity index (χ1v) is 11.0. The summed E-state index contributed by atoms with van der Waals surface area (Å²) in [4.78, 5) is 23.4. The number of carbonyl (C=O) groups is 1. The molecule has 0 fully saturated rings. The summed E-state index contributed by atoms with van der Waals surface area (Å²) in [6, 6.07) is 8.70. The average molecular weight is 427 g/mol. The van der Waals surface area contributed by atoms with Crippen molar-refractivity contribution < 1.29 is 13.2 Å². The van der Waals surface area contributed by atoms with E-state index in [2.05, 4.69) is 24.8 Å². The lowest BCUT2D eigenvalue weighted by molar-refractivity contribution is 0.102. The smallest absolute Gasteiger partial charge is 0.257 e. The van der Waals surface area contributed by atoms with Crippen molar-refractivity contribution in [2.75, 3.05) is 22.5 Å². The van der Waals surface area contributed by atoms with Crippen LogP contribution in [0.5, 0.6) is 0 Å². The highest BCUT2D eigenvalue weighted by Crippen LogP contribution is 2.42. The van der Waals surface area contributed by atoms with Gasteiger partial charge in [0, 0.05) is 17.0 Å². The van der Waals surface area contributed by atoms with Gasteiger partial charge in [-0.2, -0.15) is 5.10 Å². The molecule has 0 spiro atoms. The van der Waals surface area contributed by atoms with Crippen molar-refractivity contribution in [3.05, 3.63) is 54.7 Å². The van der Waals surface area contributed by atoms with Gasteiger partial charge in [0.25, 0.3) is 15.9 Å². The fraction of sp³-hybridized carbons (Fsp3) is 0.118. The maximum Gasteiger partial charge on any atom is 0.257 e. The number of amides is 1. The zero-order valence-electron chi connectivity index (χ0n) is 14.8. The van der Waals surface area contributed by atoms with Gasteiger partial charge in [0.2, 0.25) is 0 Å². The van der Waals surface area contributed by atoms with E-state index in [1.165, 1.54) is 35.3 Å². The summed E-state index contributed by atoms with van der Waals surface area (Å²) in [5.41, 5.74) is 1.86. The predicted octanol–water partition coefficient (Wildman–Crippen LogP) is 1.53. The van der Waals surface area contributed by atoms with Gasteiger partial charge in [-0.15, -0.1) is 4.40 Å². The Hall–Kier alpha value is -3.25. The minimum Gasteiger partial charge on any atom is -0.321 e. The van der Waals surface area contributed by atoms with Crippen LogP contribution in [0.15, 0.2) is 58.5 Å². The van der Waals surface area contributed by atoms with E-state index >= 15 is 0 Å². The van der Waals surface area contributed by atoms with Crippen molar-refractivity contribution in [1.29, 1.82) is 0 Å². The lowest BCUT2D eigenvalue weighted by Gasteiger charge is -2.22. The minimum absolute atomic E-state index is 0.0175. The topological polar surface area (TPSA) is 122 Å². The number of thioether (sulfide) groups is 1. The molecule has 1 N–H and O–H groups in total. The SMILES string of the molecule is O=C(Nc1ccc(-n2cncn2)nc1)c1ccc2c(c1)SC1=NS(=O)(=O)CCN12. The van der Waals surface area contributed by atoms with Crippen LogP contribution < -0.4 is 10.2 Å². The molecule has 0 unspecified atom stereocenters. The van der Waals surface area contributed by atoms with Gasteiger partial charge >= 0.3 is 0 Å². The summed E-state index contributed by atoms with van der Waals surface area (Å²) in [6.07, 6.45) is 4.49. The molecule has 1 aromatic carbocycles. The third kappa shape index (κ3) is 3.36. The summed E-state index contributed by atoms with van der Waals surface area (Å²) < 4.78 is 28.8. The summed E-state index contributed by atoms with van der Waals surface area (Å²) in [7, 11) is -3.41. The van der Waals surface area contributed by atoms with Crippen LogP contribution in [-0.2, 0) is 10.0 Å². The second-order valence-electron chi connectivity index (χ2n) is 6.30. The minimum atomic E-state index is -3.41. The number of rotatable bonds is 3. The molecule has 0 saturated carbocycles. The van der Waals surface area contributed by atoms with E-state index in [4.69, 9.17) is 0 Å². The molecule has 2 aliphatic heterocycles. The first-order chi connectivity index (χ1) is 14.0. The van der Waals surface area contributed by atoms with Gasteiger partial charge < -0.3 is 10.2 Å². The van der Waals surface area contributed by atoms with E-state index in [1.54, 1.807) is 24.3 Å². The number of pyridine rings is 1. The van der Waals surface area contributed by atoms with Gasteiger partial charge in [0.15, 0.2) is 11.0 Å². The predicted molar refractivity (Wildman–Crippen MR) is 108 cm³/mol. The molecule has 12 heteroatoms. The fourth-order valence-electron chi connectivity index (χ4n) is 3.00. The number of aromatic nitrogens is 4. The van der Waals surface area contributed by atoms with Gasteiger partial charge in [0.05, 0.1) is 23.3 Å². The van der Waals surface area contributed by atoms with Gasteiger partial charge in [-0.05, 0) is 42.1 Å². The fourth-order valence-corrected chi connectivity index (χ4v) is 5.29. The van der Waals surface area contributed by atoms with Crippen LogP contribution in [0.1, 0.15) is 10.4 Å². The molecule has 0 radical (unpaired) electrons. The van der Waals surface area contributed by atoms with E-state index in [-0.39, 0.29) is 11.7 Å². The number of nitrogens with zero attached hydrogens (tertiary/aromatic N) is 6. The first kappa shape index (κ1) is 17.8. The summed E-state index contributed by atoms with van der Waals surface area (Å²) in [6.45, 7) is 0.358. The van der Waals surface area contributed by atoms with Crippen LogP contribution in [0.3, 0.4) is 0 Å². The Morgan fingerprint density at radius 3 is 2.86 bits per heavy atom. The molecule has 10 nitrogen and oxygen atoms in total. The maximum absolute atomic E-state index is 12.6. The van der Waals surface area contributed by atoms with Crippen LogP contribution in [0.2, 0.25) is 0 Å². The second kappa shape index (κ2) is 6.67. The van der Waals surface area contributed by atoms with E-state index in [0.29, 0.717) is 28.8 Å². The Kier molecular flexibility index (Phi) is 4.10. The molecule has 2 aromatic heterocycles. The maximum atomic E-state index is 12.6. The summed E-state index contributed by atoms with van der Waals surface area (Å²) in [5.74, 6) is 0.279. The highest BCUT2D eigenvalue weighted by Gasteiger charge is 2.33. The van der Waals surface area contributed by atoms with Crippen molar-refractivity contribution in [1.82, 2.24) is 19.7 Å². The highest BCUT2D eigenvalue weighted by atomic mass is 32.2. The third-order valence-corrected chi connectivity index (χ3v) is 6.70. The molecule has 29 heavy (non-hydrogen) atoms. The molecular formula is C17H13N7O3S2. The normalized spacial score (nSPS) is 16.7. The largest absolute Gasteiger partial charge is 0.321 e. The van der Waals surface area contributed by atoms with Crippen LogP contribution in [0.25, 0.3) is 5.82 Å². The molecule has 146 valence electrons. The third-order valence-electron chi connectivity index (χ3n) is 4.39. The molecule has 4 heterocycles. The molecule has 2 aliphatic rings. The van der Waals surface area contributed by atoms with Crippen molar-refractivity contribution in [2.45, 2.75) is 4.90 Å². The highest BCUT2D eigenvalue weighted by molar-refractivity contribution is 8.15. The van der Waals surface area contributed by atoms with Gasteiger partial charge in [-0.1, -0.05) is 0 Å². The van der Waals surface area contributed by atoms with Crippen LogP contribution >= 0.6 is 11.8 Å². The van der Waals surface area contributed by atoms with Gasteiger partial charge in [-0.25, -0.2) is 23.1 Å². The van der Waals surface area contributed by atoms with Crippen molar-refractivity contribution in [2.24, 2.45) is 4.40 Å². The lowest BCUT2D eigenvalue weighted by Crippen LogP contribution is -2.35. The number of hydrogen-bond donors (Lipinski definition) is 1. The number of benzene rings is 1. The molecule has 0 bridgehead atoms. The molecule has 0 saturated heterocycles. The van der Waals surface area contributed by atoms with Crippen LogP contribution in [0.4, 0.5) is 11.4 Å². The Bertz CT molecular complexity index is 1240. The Morgan fingerprint density at radius 2 is 2.10 bits per heavy atom. The zero-order chi connectivity index (χ0) is 20.0. The number of fused-ring (bicyclic) bond motifs is 3. The number of carbonyl (C=O) groups excluding carboxylic acids is 1. The Morgan fingerprint density at radius 1 is 1.21 bits per heavy atom. The standard InChI is InChI=1S/C17H13N7O3S2/c25-16(21-12-2-4-15(19-8-12)24-10-18-9-20-24)11-1-3-13-14(7-11)28-17-22-29(26,27)6-5-23(13)17/h1-4,7-10H,5-6H2,(H,21,25). The molecular weight excluding hydrogens is 414 g/mol. The number of amidine groups is 1. The summed E-state index contributed by atoms with van der Waals surface area (Å²) >= 11 is 1.25. The molecule has 1 amide bonds. The Balaban J connectivity index is 1.34. The van der Waals surface area contributed by atoms with E-state index in [1.807, 2.05) is 11.0 Å².